The van der Waals surface area contributed by atoms with E-state index in [0.717, 1.165) is 10.2 Å². The third-order valence-electron chi connectivity index (χ3n) is 2.94. The van der Waals surface area contributed by atoms with Gasteiger partial charge in [-0.3, -0.25) is 9.20 Å². The Hall–Kier alpha value is -2.06. The number of halogens is 1. The zero-order chi connectivity index (χ0) is 14.8. The van der Waals surface area contributed by atoms with Crippen molar-refractivity contribution in [3.8, 4) is 0 Å². The highest BCUT2D eigenvalue weighted by Crippen LogP contribution is 2.09. The molecule has 0 saturated heterocycles. The largest absolute Gasteiger partial charge is 0.314 e. The summed E-state index contributed by atoms with van der Waals surface area (Å²) < 4.78 is 4.00. The Morgan fingerprint density at radius 3 is 2.95 bits per heavy atom. The molecule has 0 spiro atoms. The van der Waals surface area contributed by atoms with E-state index in [9.17, 15) is 4.79 Å². The van der Waals surface area contributed by atoms with E-state index in [-0.39, 0.29) is 5.56 Å². The number of rotatable bonds is 4. The molecule has 8 heteroatoms. The molecular weight excluding hydrogens is 336 g/mol. The van der Waals surface area contributed by atoms with Gasteiger partial charge in [-0.1, -0.05) is 5.21 Å². The molecule has 3 aromatic rings. The quantitative estimate of drug-likeness (QED) is 0.755. The van der Waals surface area contributed by atoms with Gasteiger partial charge in [-0.15, -0.1) is 5.10 Å². The highest BCUT2D eigenvalue weighted by atomic mass is 79.9. The molecule has 0 aliphatic heterocycles. The molecule has 0 unspecified atom stereocenters. The average Bonchev–Trinajstić information content (AvgIpc) is 2.87. The first-order valence-electron chi connectivity index (χ1n) is 6.37. The maximum absolute atomic E-state index is 12.1. The molecule has 3 aromatic heterocycles. The fraction of sp³-hybridized carbons (Fsp3) is 0.231. The first-order chi connectivity index (χ1) is 10.2. The van der Waals surface area contributed by atoms with Crippen LogP contribution in [0.1, 0.15) is 11.4 Å². The molecule has 3 heterocycles. The van der Waals surface area contributed by atoms with E-state index in [2.05, 4.69) is 36.5 Å². The minimum Gasteiger partial charge on any atom is -0.314 e. The van der Waals surface area contributed by atoms with Crippen molar-refractivity contribution < 1.29 is 0 Å². The fourth-order valence-corrected chi connectivity index (χ4v) is 2.39. The predicted octanol–water partition coefficient (Wildman–Crippen LogP) is 0.816. The monoisotopic (exact) mass is 348 g/mol. The Balaban J connectivity index is 1.93. The summed E-state index contributed by atoms with van der Waals surface area (Å²) in [6, 6.07) is 5.16. The van der Waals surface area contributed by atoms with E-state index >= 15 is 0 Å². The van der Waals surface area contributed by atoms with E-state index in [0.29, 0.717) is 24.4 Å². The van der Waals surface area contributed by atoms with E-state index in [1.165, 1.54) is 10.5 Å². The summed E-state index contributed by atoms with van der Waals surface area (Å²) in [6.45, 7) is 1.07. The summed E-state index contributed by atoms with van der Waals surface area (Å²) in [6.07, 6.45) is 3.54. The standard InChI is InChI=1S/C13H13BrN6O/c1-15-5-11-8-19(18-17-11)7-10-4-13(21)20-6-9(14)2-3-12(20)16-10/h2-4,6,8,15H,5,7H2,1H3. The molecule has 7 nitrogen and oxygen atoms in total. The zero-order valence-corrected chi connectivity index (χ0v) is 12.9. The molecule has 0 radical (unpaired) electrons. The normalized spacial score (nSPS) is 11.1. The van der Waals surface area contributed by atoms with Gasteiger partial charge in [-0.05, 0) is 35.1 Å². The van der Waals surface area contributed by atoms with E-state index in [1.54, 1.807) is 16.9 Å². The van der Waals surface area contributed by atoms with Gasteiger partial charge in [0.25, 0.3) is 5.56 Å². The van der Waals surface area contributed by atoms with Gasteiger partial charge in [0, 0.05) is 23.3 Å². The van der Waals surface area contributed by atoms with Gasteiger partial charge in [-0.25, -0.2) is 9.67 Å². The van der Waals surface area contributed by atoms with Crippen molar-refractivity contribution in [1.82, 2.24) is 29.7 Å². The lowest BCUT2D eigenvalue weighted by Crippen LogP contribution is -2.16. The summed E-state index contributed by atoms with van der Waals surface area (Å²) in [5.74, 6) is 0. The van der Waals surface area contributed by atoms with Gasteiger partial charge < -0.3 is 5.32 Å². The molecule has 0 bridgehead atoms. The Kier molecular flexibility index (Phi) is 3.80. The van der Waals surface area contributed by atoms with Crippen molar-refractivity contribution in [1.29, 1.82) is 0 Å². The lowest BCUT2D eigenvalue weighted by molar-refractivity contribution is 0.637. The molecule has 21 heavy (non-hydrogen) atoms. The Morgan fingerprint density at radius 2 is 2.14 bits per heavy atom. The van der Waals surface area contributed by atoms with Crippen LogP contribution in [-0.2, 0) is 13.1 Å². The maximum Gasteiger partial charge on any atom is 0.258 e. The Morgan fingerprint density at radius 1 is 1.29 bits per heavy atom. The number of nitrogens with one attached hydrogen (secondary N) is 1. The minimum absolute atomic E-state index is 0.119. The Labute approximate surface area is 128 Å². The lowest BCUT2D eigenvalue weighted by atomic mass is 10.3. The molecule has 0 saturated carbocycles. The molecular formula is C13H13BrN6O. The van der Waals surface area contributed by atoms with Crippen molar-refractivity contribution in [3.05, 3.63) is 56.8 Å². The van der Waals surface area contributed by atoms with Gasteiger partial charge in [0.05, 0.1) is 24.1 Å². The summed E-state index contributed by atoms with van der Waals surface area (Å²) in [5.41, 5.74) is 1.99. The second kappa shape index (κ2) is 5.74. The molecule has 0 aromatic carbocycles. The van der Waals surface area contributed by atoms with Crippen LogP contribution in [0.5, 0.6) is 0 Å². The summed E-state index contributed by atoms with van der Waals surface area (Å²) in [5, 5.41) is 11.1. The molecule has 0 aliphatic rings. The predicted molar refractivity (Wildman–Crippen MR) is 81.0 cm³/mol. The molecule has 108 valence electrons. The molecule has 0 aliphatic carbocycles. The molecule has 3 rings (SSSR count). The van der Waals surface area contributed by atoms with Gasteiger partial charge in [0.2, 0.25) is 0 Å². The first-order valence-corrected chi connectivity index (χ1v) is 7.16. The van der Waals surface area contributed by atoms with E-state index in [1.807, 2.05) is 19.3 Å². The summed E-state index contributed by atoms with van der Waals surface area (Å²) in [4.78, 5) is 16.6. The van der Waals surface area contributed by atoms with Crippen molar-refractivity contribution in [2.45, 2.75) is 13.1 Å². The van der Waals surface area contributed by atoms with Crippen LogP contribution in [0.25, 0.3) is 5.65 Å². The number of nitrogens with zero attached hydrogens (tertiary/aromatic N) is 5. The number of hydrogen-bond acceptors (Lipinski definition) is 5. The van der Waals surface area contributed by atoms with Crippen LogP contribution in [0.15, 0.2) is 39.9 Å². The number of pyridine rings is 1. The highest BCUT2D eigenvalue weighted by Gasteiger charge is 2.05. The van der Waals surface area contributed by atoms with Crippen LogP contribution < -0.4 is 10.9 Å². The molecule has 0 fully saturated rings. The van der Waals surface area contributed by atoms with Crippen LogP contribution in [0.4, 0.5) is 0 Å². The van der Waals surface area contributed by atoms with Gasteiger partial charge in [-0.2, -0.15) is 0 Å². The number of hydrogen-bond donors (Lipinski definition) is 1. The highest BCUT2D eigenvalue weighted by molar-refractivity contribution is 9.10. The van der Waals surface area contributed by atoms with Crippen molar-refractivity contribution in [3.63, 3.8) is 0 Å². The number of fused-ring (bicyclic) bond motifs is 1. The Bertz CT molecular complexity index is 840. The SMILES string of the molecule is CNCc1cn(Cc2cc(=O)n3cc(Br)ccc3n2)nn1. The lowest BCUT2D eigenvalue weighted by Gasteiger charge is -2.04. The molecule has 0 atom stereocenters. The van der Waals surface area contributed by atoms with E-state index < -0.39 is 0 Å². The van der Waals surface area contributed by atoms with E-state index in [4.69, 9.17) is 0 Å². The van der Waals surface area contributed by atoms with Gasteiger partial charge >= 0.3 is 0 Å². The van der Waals surface area contributed by atoms with Crippen molar-refractivity contribution in [2.75, 3.05) is 7.05 Å². The van der Waals surface area contributed by atoms with Gasteiger partial charge in [0.1, 0.15) is 5.65 Å². The van der Waals surface area contributed by atoms with Crippen LogP contribution in [0.2, 0.25) is 0 Å². The van der Waals surface area contributed by atoms with Crippen molar-refractivity contribution >= 4 is 21.6 Å². The molecule has 1 N–H and O–H groups in total. The van der Waals surface area contributed by atoms with Crippen LogP contribution in [-0.4, -0.2) is 31.4 Å². The first kappa shape index (κ1) is 13.9. The topological polar surface area (TPSA) is 77.1 Å². The van der Waals surface area contributed by atoms with Crippen LogP contribution in [0, 0.1) is 0 Å². The third kappa shape index (κ3) is 3.01. The van der Waals surface area contributed by atoms with Gasteiger partial charge in [0.15, 0.2) is 0 Å². The number of aromatic nitrogens is 5. The third-order valence-corrected chi connectivity index (χ3v) is 3.41. The van der Waals surface area contributed by atoms with Crippen LogP contribution in [0.3, 0.4) is 0 Å². The van der Waals surface area contributed by atoms with Crippen molar-refractivity contribution in [2.24, 2.45) is 0 Å². The summed E-state index contributed by atoms with van der Waals surface area (Å²) >= 11 is 3.34. The average molecular weight is 349 g/mol. The van der Waals surface area contributed by atoms with Crippen LogP contribution >= 0.6 is 15.9 Å². The summed E-state index contributed by atoms with van der Waals surface area (Å²) in [7, 11) is 1.85. The molecule has 0 amide bonds. The maximum atomic E-state index is 12.1. The zero-order valence-electron chi connectivity index (χ0n) is 11.3. The minimum atomic E-state index is -0.119. The smallest absolute Gasteiger partial charge is 0.258 e. The second-order valence-corrected chi connectivity index (χ2v) is 5.51. The fourth-order valence-electron chi connectivity index (χ4n) is 2.05. The second-order valence-electron chi connectivity index (χ2n) is 4.60.